The second kappa shape index (κ2) is 6.72. The summed E-state index contributed by atoms with van der Waals surface area (Å²) in [7, 11) is 1.62. The molecule has 25 heavy (non-hydrogen) atoms. The topological polar surface area (TPSA) is 21.6 Å². The van der Waals surface area contributed by atoms with Crippen LogP contribution in [0.15, 0.2) is 71.9 Å². The van der Waals surface area contributed by atoms with Crippen LogP contribution in [0.4, 0.5) is 5.69 Å². The lowest BCUT2D eigenvalue weighted by Gasteiger charge is -2.21. The number of benzene rings is 2. The van der Waals surface area contributed by atoms with Gasteiger partial charge in [0.2, 0.25) is 0 Å². The predicted molar refractivity (Wildman–Crippen MR) is 107 cm³/mol. The zero-order valence-corrected chi connectivity index (χ0v) is 15.5. The summed E-state index contributed by atoms with van der Waals surface area (Å²) < 4.78 is 5.08. The van der Waals surface area contributed by atoms with Crippen LogP contribution in [0.2, 0.25) is 0 Å². The number of hydrogen-bond donors (Lipinski definition) is 0. The molecule has 0 saturated carbocycles. The highest BCUT2D eigenvalue weighted by Gasteiger charge is 2.35. The molecule has 128 valence electrons. The first-order chi connectivity index (χ1) is 12.0. The number of fused-ring (bicyclic) bond motifs is 3. The van der Waals surface area contributed by atoms with Gasteiger partial charge in [-0.1, -0.05) is 57.7 Å². The van der Waals surface area contributed by atoms with Gasteiger partial charge in [0.15, 0.2) is 0 Å². The van der Waals surface area contributed by atoms with Crippen molar-refractivity contribution >= 4 is 11.4 Å². The van der Waals surface area contributed by atoms with Crippen molar-refractivity contribution in [3.05, 3.63) is 78.1 Å². The van der Waals surface area contributed by atoms with Crippen LogP contribution in [-0.2, 0) is 10.2 Å². The molecule has 0 amide bonds. The van der Waals surface area contributed by atoms with Gasteiger partial charge < -0.3 is 4.74 Å². The van der Waals surface area contributed by atoms with E-state index in [0.717, 1.165) is 17.8 Å². The summed E-state index contributed by atoms with van der Waals surface area (Å²) in [5.41, 5.74) is 7.39. The number of methoxy groups -OCH3 is 1. The van der Waals surface area contributed by atoms with Gasteiger partial charge in [0, 0.05) is 11.1 Å². The minimum atomic E-state index is 0.00398. The first kappa shape index (κ1) is 17.2. The SMILES string of the molecule is C=C(/C=C\C(CC)=Nc1ccc2c(c1)C(C)(C)c1ccccc1-2)OC. The second-order valence-electron chi connectivity index (χ2n) is 6.86. The van der Waals surface area contributed by atoms with Crippen LogP contribution in [-0.4, -0.2) is 12.8 Å². The normalized spacial score (nSPS) is 15.1. The molecule has 0 unspecified atom stereocenters. The molecule has 0 fully saturated rings. The Morgan fingerprint density at radius 3 is 2.52 bits per heavy atom. The van der Waals surface area contributed by atoms with Gasteiger partial charge >= 0.3 is 0 Å². The molecular weight excluding hydrogens is 306 g/mol. The van der Waals surface area contributed by atoms with Gasteiger partial charge in [-0.25, -0.2) is 0 Å². The molecule has 0 saturated heterocycles. The van der Waals surface area contributed by atoms with Crippen molar-refractivity contribution in [3.8, 4) is 11.1 Å². The highest BCUT2D eigenvalue weighted by atomic mass is 16.5. The van der Waals surface area contributed by atoms with E-state index in [2.05, 4.69) is 69.8 Å². The molecule has 0 spiro atoms. The van der Waals surface area contributed by atoms with Crippen molar-refractivity contribution in [2.24, 2.45) is 4.99 Å². The third-order valence-corrected chi connectivity index (χ3v) is 4.93. The van der Waals surface area contributed by atoms with Crippen molar-refractivity contribution in [2.45, 2.75) is 32.6 Å². The molecule has 0 aromatic heterocycles. The van der Waals surface area contributed by atoms with Crippen LogP contribution < -0.4 is 0 Å². The fraction of sp³-hybridized carbons (Fsp3) is 0.261. The first-order valence-electron chi connectivity index (χ1n) is 8.70. The minimum absolute atomic E-state index is 0.00398. The molecule has 3 rings (SSSR count). The van der Waals surface area contributed by atoms with E-state index >= 15 is 0 Å². The molecule has 2 heteroatoms. The zero-order chi connectivity index (χ0) is 18.0. The number of aliphatic imine (C=N–C) groups is 1. The van der Waals surface area contributed by atoms with E-state index in [9.17, 15) is 0 Å². The fourth-order valence-corrected chi connectivity index (χ4v) is 3.42. The van der Waals surface area contributed by atoms with Crippen LogP contribution in [0.5, 0.6) is 0 Å². The number of hydrogen-bond acceptors (Lipinski definition) is 2. The molecule has 0 N–H and O–H groups in total. The van der Waals surface area contributed by atoms with E-state index in [-0.39, 0.29) is 5.41 Å². The standard InChI is InChI=1S/C23H25NO/c1-6-17(12-11-16(2)25-5)24-18-13-14-20-19-9-7-8-10-21(19)23(3,4)22(20)15-18/h7-15H,2,6H2,1,3-5H3/b12-11-,24-17?. The summed E-state index contributed by atoms with van der Waals surface area (Å²) in [5, 5.41) is 0. The molecular formula is C23H25NO. The Hall–Kier alpha value is -2.61. The maximum Gasteiger partial charge on any atom is 0.111 e. The molecule has 2 nitrogen and oxygen atoms in total. The first-order valence-corrected chi connectivity index (χ1v) is 8.70. The second-order valence-corrected chi connectivity index (χ2v) is 6.86. The molecule has 0 radical (unpaired) electrons. The predicted octanol–water partition coefficient (Wildman–Crippen LogP) is 6.19. The van der Waals surface area contributed by atoms with E-state index in [1.54, 1.807) is 7.11 Å². The molecule has 2 aromatic carbocycles. The number of nitrogens with zero attached hydrogens (tertiary/aromatic N) is 1. The summed E-state index contributed by atoms with van der Waals surface area (Å²) in [6.45, 7) is 10.5. The summed E-state index contributed by atoms with van der Waals surface area (Å²) in [6, 6.07) is 15.2. The summed E-state index contributed by atoms with van der Waals surface area (Å²) in [5.74, 6) is 0.631. The molecule has 0 heterocycles. The quantitative estimate of drug-likeness (QED) is 0.363. The van der Waals surface area contributed by atoms with E-state index in [0.29, 0.717) is 5.76 Å². The van der Waals surface area contributed by atoms with Crippen LogP contribution in [0.25, 0.3) is 11.1 Å². The Labute approximate surface area is 150 Å². The highest BCUT2D eigenvalue weighted by Crippen LogP contribution is 2.49. The van der Waals surface area contributed by atoms with E-state index < -0.39 is 0 Å². The molecule has 2 aromatic rings. The lowest BCUT2D eigenvalue weighted by atomic mass is 9.82. The Morgan fingerprint density at radius 2 is 1.80 bits per heavy atom. The molecule has 1 aliphatic rings. The Bertz CT molecular complexity index is 871. The molecule has 0 bridgehead atoms. The van der Waals surface area contributed by atoms with Crippen LogP contribution in [0.1, 0.15) is 38.3 Å². The maximum absolute atomic E-state index is 5.08. The summed E-state index contributed by atoms with van der Waals surface area (Å²) >= 11 is 0. The average Bonchev–Trinajstić information content (AvgIpc) is 2.86. The molecule has 0 atom stereocenters. The van der Waals surface area contributed by atoms with E-state index in [1.807, 2.05) is 12.2 Å². The monoisotopic (exact) mass is 331 g/mol. The third-order valence-electron chi connectivity index (χ3n) is 4.93. The number of ether oxygens (including phenoxy) is 1. The molecule has 1 aliphatic carbocycles. The van der Waals surface area contributed by atoms with Crippen molar-refractivity contribution in [1.82, 2.24) is 0 Å². The third kappa shape index (κ3) is 3.17. The largest absolute Gasteiger partial charge is 0.497 e. The number of rotatable bonds is 5. The Balaban J connectivity index is 2.00. The van der Waals surface area contributed by atoms with Gasteiger partial charge in [-0.3, -0.25) is 4.99 Å². The summed E-state index contributed by atoms with van der Waals surface area (Å²) in [6.07, 6.45) is 4.68. The van der Waals surface area contributed by atoms with Gasteiger partial charge in [0.05, 0.1) is 12.8 Å². The van der Waals surface area contributed by atoms with Gasteiger partial charge in [-0.2, -0.15) is 0 Å². The Morgan fingerprint density at radius 1 is 1.08 bits per heavy atom. The van der Waals surface area contributed by atoms with Gasteiger partial charge in [0.25, 0.3) is 0 Å². The van der Waals surface area contributed by atoms with Gasteiger partial charge in [0.1, 0.15) is 5.76 Å². The zero-order valence-electron chi connectivity index (χ0n) is 15.5. The van der Waals surface area contributed by atoms with Crippen molar-refractivity contribution in [1.29, 1.82) is 0 Å². The van der Waals surface area contributed by atoms with Crippen LogP contribution in [0.3, 0.4) is 0 Å². The summed E-state index contributed by atoms with van der Waals surface area (Å²) in [4.78, 5) is 4.82. The van der Waals surface area contributed by atoms with Gasteiger partial charge in [-0.15, -0.1) is 0 Å². The fourth-order valence-electron chi connectivity index (χ4n) is 3.42. The van der Waals surface area contributed by atoms with Crippen molar-refractivity contribution in [3.63, 3.8) is 0 Å². The van der Waals surface area contributed by atoms with E-state index in [4.69, 9.17) is 9.73 Å². The van der Waals surface area contributed by atoms with Gasteiger partial charge in [-0.05, 0) is 53.0 Å². The number of allylic oxidation sites excluding steroid dienone is 2. The van der Waals surface area contributed by atoms with Crippen LogP contribution in [0, 0.1) is 0 Å². The minimum Gasteiger partial charge on any atom is -0.497 e. The Kier molecular flexibility index (Phi) is 4.63. The maximum atomic E-state index is 5.08. The van der Waals surface area contributed by atoms with Crippen LogP contribution >= 0.6 is 0 Å². The lowest BCUT2D eigenvalue weighted by molar-refractivity contribution is 0.309. The van der Waals surface area contributed by atoms with E-state index in [1.165, 1.54) is 22.3 Å². The highest BCUT2D eigenvalue weighted by molar-refractivity contribution is 5.97. The van der Waals surface area contributed by atoms with Crippen molar-refractivity contribution < 1.29 is 4.74 Å². The van der Waals surface area contributed by atoms with Crippen molar-refractivity contribution in [2.75, 3.05) is 7.11 Å². The lowest BCUT2D eigenvalue weighted by Crippen LogP contribution is -2.14. The average molecular weight is 331 g/mol. The molecule has 0 aliphatic heterocycles. The smallest absolute Gasteiger partial charge is 0.111 e.